The average Bonchev–Trinajstić information content (AvgIpc) is 2.48. The maximum absolute atomic E-state index is 12.0. The minimum atomic E-state index is -0.485. The highest BCUT2D eigenvalue weighted by Crippen LogP contribution is 2.23. The summed E-state index contributed by atoms with van der Waals surface area (Å²) >= 11 is 0. The molecule has 1 aromatic heterocycles. The zero-order chi connectivity index (χ0) is 16.2. The second-order valence-corrected chi connectivity index (χ2v) is 6.47. The Hall–Kier alpha value is -2.11. The van der Waals surface area contributed by atoms with Crippen LogP contribution in [0.5, 0.6) is 0 Å². The van der Waals surface area contributed by atoms with Crippen LogP contribution in [0.2, 0.25) is 0 Å². The lowest BCUT2D eigenvalue weighted by Gasteiger charge is -2.33. The Labute approximate surface area is 130 Å². The Bertz CT molecular complexity index is 529. The van der Waals surface area contributed by atoms with E-state index in [2.05, 4.69) is 10.1 Å². The zero-order valence-corrected chi connectivity index (χ0v) is 13.3. The Morgan fingerprint density at radius 2 is 2.09 bits per heavy atom. The van der Waals surface area contributed by atoms with Crippen LogP contribution in [0.1, 0.15) is 39.2 Å². The number of aromatic nitrogens is 1. The molecule has 2 heterocycles. The van der Waals surface area contributed by atoms with Crippen molar-refractivity contribution < 1.29 is 14.7 Å². The number of ether oxygens (including phenoxy) is 1. The molecule has 0 aliphatic carbocycles. The molecule has 0 radical (unpaired) electrons. The summed E-state index contributed by atoms with van der Waals surface area (Å²) in [6, 6.07) is 3.69. The SMILES string of the molecule is CC(C)(C)OC(=O)N1CCC(C(=NO)c2cccnc2)CC1. The molecule has 0 saturated carbocycles. The molecule has 22 heavy (non-hydrogen) atoms. The van der Waals surface area contributed by atoms with Crippen LogP contribution in [-0.2, 0) is 4.74 Å². The lowest BCUT2D eigenvalue weighted by atomic mass is 9.89. The summed E-state index contributed by atoms with van der Waals surface area (Å²) < 4.78 is 5.38. The second-order valence-electron chi connectivity index (χ2n) is 6.47. The number of carbonyl (C=O) groups excluding carboxylic acids is 1. The van der Waals surface area contributed by atoms with Gasteiger partial charge in [0.05, 0.1) is 5.71 Å². The van der Waals surface area contributed by atoms with Crippen LogP contribution >= 0.6 is 0 Å². The van der Waals surface area contributed by atoms with Crippen molar-refractivity contribution in [2.45, 2.75) is 39.2 Å². The average molecular weight is 305 g/mol. The van der Waals surface area contributed by atoms with Crippen molar-refractivity contribution in [3.05, 3.63) is 30.1 Å². The summed E-state index contributed by atoms with van der Waals surface area (Å²) in [5.41, 5.74) is 0.971. The Kier molecular flexibility index (Phi) is 5.00. The maximum Gasteiger partial charge on any atom is 0.410 e. The molecule has 2 rings (SSSR count). The number of carbonyl (C=O) groups is 1. The quantitative estimate of drug-likeness (QED) is 0.518. The van der Waals surface area contributed by atoms with Crippen molar-refractivity contribution in [3.63, 3.8) is 0 Å². The fraction of sp³-hybridized carbons (Fsp3) is 0.562. The van der Waals surface area contributed by atoms with Crippen molar-refractivity contribution in [3.8, 4) is 0 Å². The van der Waals surface area contributed by atoms with E-state index in [-0.39, 0.29) is 12.0 Å². The van der Waals surface area contributed by atoms with Gasteiger partial charge in [-0.15, -0.1) is 0 Å². The summed E-state index contributed by atoms with van der Waals surface area (Å²) in [7, 11) is 0. The molecule has 0 aromatic carbocycles. The number of nitrogens with zero attached hydrogens (tertiary/aromatic N) is 3. The third kappa shape index (κ3) is 4.19. The Morgan fingerprint density at radius 1 is 1.41 bits per heavy atom. The van der Waals surface area contributed by atoms with Crippen LogP contribution in [0, 0.1) is 5.92 Å². The summed E-state index contributed by atoms with van der Waals surface area (Å²) in [5, 5.41) is 12.8. The predicted octanol–water partition coefficient (Wildman–Crippen LogP) is 2.91. The minimum absolute atomic E-state index is 0.118. The van der Waals surface area contributed by atoms with Crippen LogP contribution in [0.15, 0.2) is 29.7 Å². The van der Waals surface area contributed by atoms with Gasteiger partial charge in [0, 0.05) is 37.0 Å². The van der Waals surface area contributed by atoms with Gasteiger partial charge in [-0.3, -0.25) is 4.98 Å². The fourth-order valence-electron chi connectivity index (χ4n) is 2.55. The molecular weight excluding hydrogens is 282 g/mol. The smallest absolute Gasteiger partial charge is 0.410 e. The second kappa shape index (κ2) is 6.77. The number of pyridine rings is 1. The number of amides is 1. The van der Waals surface area contributed by atoms with E-state index in [1.807, 2.05) is 32.9 Å². The molecule has 1 aromatic rings. The molecule has 0 unspecified atom stereocenters. The van der Waals surface area contributed by atoms with E-state index in [1.165, 1.54) is 0 Å². The number of hydrogen-bond donors (Lipinski definition) is 1. The van der Waals surface area contributed by atoms with Crippen molar-refractivity contribution >= 4 is 11.8 Å². The molecule has 6 heteroatoms. The van der Waals surface area contributed by atoms with E-state index in [0.29, 0.717) is 18.8 Å². The van der Waals surface area contributed by atoms with E-state index in [0.717, 1.165) is 18.4 Å². The van der Waals surface area contributed by atoms with Crippen LogP contribution in [-0.4, -0.2) is 45.6 Å². The molecule has 1 amide bonds. The third-order valence-electron chi connectivity index (χ3n) is 3.60. The number of piperidine rings is 1. The number of hydrogen-bond acceptors (Lipinski definition) is 5. The van der Waals surface area contributed by atoms with Crippen molar-refractivity contribution in [2.75, 3.05) is 13.1 Å². The van der Waals surface area contributed by atoms with Crippen molar-refractivity contribution in [2.24, 2.45) is 11.1 Å². The standard InChI is InChI=1S/C16H23N3O3/c1-16(2,3)22-15(20)19-9-6-12(7-10-19)14(18-21)13-5-4-8-17-11-13/h4-5,8,11-12,21H,6-7,9-10H2,1-3H3. The molecule has 1 saturated heterocycles. The van der Waals surface area contributed by atoms with Crippen LogP contribution in [0.3, 0.4) is 0 Å². The van der Waals surface area contributed by atoms with Gasteiger partial charge < -0.3 is 14.8 Å². The van der Waals surface area contributed by atoms with E-state index >= 15 is 0 Å². The number of rotatable bonds is 2. The first-order valence-electron chi connectivity index (χ1n) is 7.51. The molecule has 1 aliphatic heterocycles. The fourth-order valence-corrected chi connectivity index (χ4v) is 2.55. The maximum atomic E-state index is 12.0. The largest absolute Gasteiger partial charge is 0.444 e. The van der Waals surface area contributed by atoms with E-state index in [1.54, 1.807) is 17.3 Å². The Morgan fingerprint density at radius 3 is 2.59 bits per heavy atom. The van der Waals surface area contributed by atoms with Crippen molar-refractivity contribution in [1.82, 2.24) is 9.88 Å². The highest BCUT2D eigenvalue weighted by molar-refractivity contribution is 6.01. The van der Waals surface area contributed by atoms with Gasteiger partial charge >= 0.3 is 6.09 Å². The van der Waals surface area contributed by atoms with E-state index in [9.17, 15) is 10.0 Å². The van der Waals surface area contributed by atoms with Crippen molar-refractivity contribution in [1.29, 1.82) is 0 Å². The van der Waals surface area contributed by atoms with Gasteiger partial charge in [-0.2, -0.15) is 0 Å². The van der Waals surface area contributed by atoms with Gasteiger partial charge in [-0.1, -0.05) is 5.16 Å². The highest BCUT2D eigenvalue weighted by atomic mass is 16.6. The summed E-state index contributed by atoms with van der Waals surface area (Å²) in [4.78, 5) is 17.8. The summed E-state index contributed by atoms with van der Waals surface area (Å²) in [6.45, 7) is 6.77. The van der Waals surface area contributed by atoms with E-state index in [4.69, 9.17) is 4.74 Å². The molecular formula is C16H23N3O3. The Balaban J connectivity index is 1.96. The topological polar surface area (TPSA) is 75.0 Å². The van der Waals surface area contributed by atoms with Gasteiger partial charge in [0.15, 0.2) is 0 Å². The first kappa shape index (κ1) is 16.3. The van der Waals surface area contributed by atoms with Gasteiger partial charge in [-0.05, 0) is 45.7 Å². The first-order valence-corrected chi connectivity index (χ1v) is 7.51. The third-order valence-corrected chi connectivity index (χ3v) is 3.60. The van der Waals surface area contributed by atoms with Crippen LogP contribution < -0.4 is 0 Å². The highest BCUT2D eigenvalue weighted by Gasteiger charge is 2.29. The van der Waals surface area contributed by atoms with Gasteiger partial charge in [-0.25, -0.2) is 4.79 Å². The van der Waals surface area contributed by atoms with Crippen LogP contribution in [0.25, 0.3) is 0 Å². The van der Waals surface area contributed by atoms with E-state index < -0.39 is 5.60 Å². The van der Waals surface area contributed by atoms with Gasteiger partial charge in [0.25, 0.3) is 0 Å². The van der Waals surface area contributed by atoms with Crippen LogP contribution in [0.4, 0.5) is 4.79 Å². The molecule has 0 spiro atoms. The predicted molar refractivity (Wildman–Crippen MR) is 83.1 cm³/mol. The monoisotopic (exact) mass is 305 g/mol. The number of likely N-dealkylation sites (tertiary alicyclic amines) is 1. The minimum Gasteiger partial charge on any atom is -0.444 e. The summed E-state index contributed by atoms with van der Waals surface area (Å²) in [5.74, 6) is 0.118. The summed E-state index contributed by atoms with van der Waals surface area (Å²) in [6.07, 6.45) is 4.58. The van der Waals surface area contributed by atoms with Gasteiger partial charge in [0.1, 0.15) is 5.60 Å². The molecule has 1 fully saturated rings. The number of oxime groups is 1. The van der Waals surface area contributed by atoms with Gasteiger partial charge in [0.2, 0.25) is 0 Å². The molecule has 6 nitrogen and oxygen atoms in total. The molecule has 0 bridgehead atoms. The molecule has 120 valence electrons. The molecule has 1 N–H and O–H groups in total. The lowest BCUT2D eigenvalue weighted by Crippen LogP contribution is -2.43. The first-order chi connectivity index (χ1) is 10.4. The normalized spacial score (nSPS) is 17.4. The lowest BCUT2D eigenvalue weighted by molar-refractivity contribution is 0.0201. The zero-order valence-electron chi connectivity index (χ0n) is 13.3. The molecule has 0 atom stereocenters. The molecule has 1 aliphatic rings.